The van der Waals surface area contributed by atoms with Gasteiger partial charge in [0.1, 0.15) is 0 Å². The summed E-state index contributed by atoms with van der Waals surface area (Å²) in [5, 5.41) is 11.3. The third-order valence-electron chi connectivity index (χ3n) is 3.13. The molecule has 2 N–H and O–H groups in total. The molecule has 2 amide bonds. The van der Waals surface area contributed by atoms with E-state index in [2.05, 4.69) is 22.8 Å². The smallest absolute Gasteiger partial charge is 0.269 e. The molecule has 0 saturated carbocycles. The maximum absolute atomic E-state index is 11.9. The summed E-state index contributed by atoms with van der Waals surface area (Å²) in [5.41, 5.74) is 4.66. The average Bonchev–Trinajstić information content (AvgIpc) is 3.05. The number of aromatic nitrogens is 2. The first kappa shape index (κ1) is 18.5. The molecule has 2 rings (SSSR count). The van der Waals surface area contributed by atoms with Crippen LogP contribution in [0.3, 0.4) is 0 Å². The number of thioether (sulfide) groups is 1. The quantitative estimate of drug-likeness (QED) is 0.439. The molecule has 132 valence electrons. The highest BCUT2D eigenvalue weighted by Gasteiger charge is 2.11. The van der Waals surface area contributed by atoms with Crippen LogP contribution in [0.25, 0.3) is 0 Å². The molecule has 25 heavy (non-hydrogen) atoms. The Balaban J connectivity index is 1.80. The van der Waals surface area contributed by atoms with Crippen LogP contribution in [0.2, 0.25) is 0 Å². The number of carbonyl (C=O) groups excluding carboxylic acids is 2. The lowest BCUT2D eigenvalue weighted by Crippen LogP contribution is -2.42. The van der Waals surface area contributed by atoms with Crippen LogP contribution in [0.4, 0.5) is 5.69 Å². The number of aryl methyl sites for hydroxylation is 1. The van der Waals surface area contributed by atoms with Crippen LogP contribution >= 0.6 is 11.8 Å². The number of nitro groups is 1. The summed E-state index contributed by atoms with van der Waals surface area (Å²) in [6.45, 7) is 2.87. The van der Waals surface area contributed by atoms with Gasteiger partial charge in [-0.1, -0.05) is 18.7 Å². The zero-order valence-corrected chi connectivity index (χ0v) is 14.3. The first-order valence-electron chi connectivity index (χ1n) is 7.49. The lowest BCUT2D eigenvalue weighted by molar-refractivity contribution is -0.384. The number of hydrazine groups is 1. The summed E-state index contributed by atoms with van der Waals surface area (Å²) in [5.74, 6) is -0.839. The maximum Gasteiger partial charge on any atom is 0.269 e. The van der Waals surface area contributed by atoms with Crippen molar-refractivity contribution >= 4 is 29.3 Å². The third kappa shape index (κ3) is 5.31. The molecule has 0 fully saturated rings. The number of carbonyl (C=O) groups is 2. The minimum atomic E-state index is -0.555. The second-order valence-corrected chi connectivity index (χ2v) is 5.94. The van der Waals surface area contributed by atoms with Crippen LogP contribution in [0.15, 0.2) is 41.8 Å². The normalized spacial score (nSPS) is 10.3. The number of non-ortho nitro benzene ring substituents is 1. The standard InChI is InChI=1S/C15H17N5O4S/c1-2-8-19-9-7-16-15(19)25-10-13(21)17-18-14(22)11-3-5-12(6-4-11)20(23)24/h3-7,9H,2,8,10H2,1H3,(H,17,21)(H,18,22). The van der Waals surface area contributed by atoms with Crippen LogP contribution in [-0.4, -0.2) is 32.0 Å². The molecule has 0 saturated heterocycles. The summed E-state index contributed by atoms with van der Waals surface area (Å²) < 4.78 is 1.95. The van der Waals surface area contributed by atoms with Gasteiger partial charge >= 0.3 is 0 Å². The van der Waals surface area contributed by atoms with E-state index in [-0.39, 0.29) is 22.9 Å². The van der Waals surface area contributed by atoms with Gasteiger partial charge in [-0.05, 0) is 18.6 Å². The zero-order chi connectivity index (χ0) is 18.2. The van der Waals surface area contributed by atoms with E-state index in [4.69, 9.17) is 0 Å². The summed E-state index contributed by atoms with van der Waals surface area (Å²) in [4.78, 5) is 37.9. The predicted molar refractivity (Wildman–Crippen MR) is 91.9 cm³/mol. The van der Waals surface area contributed by atoms with E-state index in [1.165, 1.54) is 36.0 Å². The largest absolute Gasteiger partial charge is 0.326 e. The van der Waals surface area contributed by atoms with Gasteiger partial charge in [-0.25, -0.2) is 4.98 Å². The molecular weight excluding hydrogens is 346 g/mol. The highest BCUT2D eigenvalue weighted by Crippen LogP contribution is 2.15. The van der Waals surface area contributed by atoms with Crippen LogP contribution < -0.4 is 10.9 Å². The van der Waals surface area contributed by atoms with Crippen molar-refractivity contribution in [3.63, 3.8) is 0 Å². The number of nitro benzene ring substituents is 1. The predicted octanol–water partition coefficient (Wildman–Crippen LogP) is 1.75. The van der Waals surface area contributed by atoms with Crippen LogP contribution in [0.5, 0.6) is 0 Å². The van der Waals surface area contributed by atoms with E-state index in [0.29, 0.717) is 0 Å². The van der Waals surface area contributed by atoms with E-state index in [9.17, 15) is 19.7 Å². The van der Waals surface area contributed by atoms with E-state index >= 15 is 0 Å². The fourth-order valence-electron chi connectivity index (χ4n) is 1.95. The molecule has 0 atom stereocenters. The van der Waals surface area contributed by atoms with Crippen molar-refractivity contribution in [3.8, 4) is 0 Å². The first-order chi connectivity index (χ1) is 12.0. The Morgan fingerprint density at radius 1 is 1.28 bits per heavy atom. The molecule has 0 aliphatic heterocycles. The zero-order valence-electron chi connectivity index (χ0n) is 13.5. The van der Waals surface area contributed by atoms with Gasteiger partial charge in [0, 0.05) is 36.6 Å². The molecular formula is C15H17N5O4S. The Morgan fingerprint density at radius 3 is 2.64 bits per heavy atom. The van der Waals surface area contributed by atoms with Gasteiger partial charge in [0.2, 0.25) is 5.91 Å². The number of nitrogens with one attached hydrogen (secondary N) is 2. The molecule has 0 spiro atoms. The van der Waals surface area contributed by atoms with Gasteiger partial charge in [-0.15, -0.1) is 0 Å². The Labute approximate surface area is 147 Å². The van der Waals surface area contributed by atoms with Gasteiger partial charge in [-0.2, -0.15) is 0 Å². The summed E-state index contributed by atoms with van der Waals surface area (Å²) in [6, 6.07) is 5.08. The number of amides is 2. The number of hydrogen-bond donors (Lipinski definition) is 2. The molecule has 0 aliphatic carbocycles. The van der Waals surface area contributed by atoms with Crippen molar-refractivity contribution in [2.45, 2.75) is 25.0 Å². The first-order valence-corrected chi connectivity index (χ1v) is 8.47. The van der Waals surface area contributed by atoms with E-state index in [1.54, 1.807) is 6.20 Å². The van der Waals surface area contributed by atoms with Crippen molar-refractivity contribution < 1.29 is 14.5 Å². The minimum Gasteiger partial charge on any atom is -0.326 e. The second kappa shape index (κ2) is 8.83. The Kier molecular flexibility index (Phi) is 6.52. The van der Waals surface area contributed by atoms with Crippen LogP contribution in [-0.2, 0) is 11.3 Å². The van der Waals surface area contributed by atoms with Crippen LogP contribution in [0.1, 0.15) is 23.7 Å². The third-order valence-corrected chi connectivity index (χ3v) is 4.13. The Bertz CT molecular complexity index is 760. The van der Waals surface area contributed by atoms with Gasteiger partial charge in [0.25, 0.3) is 11.6 Å². The molecule has 10 heteroatoms. The van der Waals surface area contributed by atoms with Gasteiger partial charge in [-0.3, -0.25) is 30.6 Å². The molecule has 0 radical (unpaired) electrons. The van der Waals surface area contributed by atoms with E-state index in [0.717, 1.165) is 18.1 Å². The molecule has 1 heterocycles. The lowest BCUT2D eigenvalue weighted by Gasteiger charge is -2.08. The topological polar surface area (TPSA) is 119 Å². The Hall–Kier alpha value is -2.88. The molecule has 9 nitrogen and oxygen atoms in total. The second-order valence-electron chi connectivity index (χ2n) is 5.00. The number of hydrogen-bond acceptors (Lipinski definition) is 6. The Morgan fingerprint density at radius 2 is 2.00 bits per heavy atom. The van der Waals surface area contributed by atoms with E-state index < -0.39 is 10.8 Å². The highest BCUT2D eigenvalue weighted by molar-refractivity contribution is 7.99. The van der Waals surface area contributed by atoms with Crippen molar-refractivity contribution in [3.05, 3.63) is 52.3 Å². The van der Waals surface area contributed by atoms with Gasteiger partial charge in [0.15, 0.2) is 5.16 Å². The minimum absolute atomic E-state index is 0.0985. The van der Waals surface area contributed by atoms with Crippen molar-refractivity contribution in [1.29, 1.82) is 0 Å². The SMILES string of the molecule is CCCn1ccnc1SCC(=O)NNC(=O)c1ccc([N+](=O)[O-])cc1. The van der Waals surface area contributed by atoms with Crippen molar-refractivity contribution in [1.82, 2.24) is 20.4 Å². The van der Waals surface area contributed by atoms with Crippen LogP contribution in [0, 0.1) is 10.1 Å². The summed E-state index contributed by atoms with van der Waals surface area (Å²) in [6.07, 6.45) is 4.48. The molecule has 0 aliphatic rings. The summed E-state index contributed by atoms with van der Waals surface area (Å²) in [7, 11) is 0. The molecule has 1 aromatic heterocycles. The van der Waals surface area contributed by atoms with Crippen molar-refractivity contribution in [2.24, 2.45) is 0 Å². The summed E-state index contributed by atoms with van der Waals surface area (Å²) >= 11 is 1.27. The lowest BCUT2D eigenvalue weighted by atomic mass is 10.2. The molecule has 2 aromatic rings. The molecule has 1 aromatic carbocycles. The van der Waals surface area contributed by atoms with Crippen molar-refractivity contribution in [2.75, 3.05) is 5.75 Å². The monoisotopic (exact) mass is 363 g/mol. The fraction of sp³-hybridized carbons (Fsp3) is 0.267. The van der Waals surface area contributed by atoms with E-state index in [1.807, 2.05) is 10.8 Å². The number of imidazole rings is 1. The molecule has 0 unspecified atom stereocenters. The van der Waals surface area contributed by atoms with Gasteiger partial charge < -0.3 is 4.57 Å². The maximum atomic E-state index is 11.9. The van der Waals surface area contributed by atoms with Gasteiger partial charge in [0.05, 0.1) is 10.7 Å². The fourth-order valence-corrected chi connectivity index (χ4v) is 2.73. The number of rotatable bonds is 7. The molecule has 0 bridgehead atoms. The highest BCUT2D eigenvalue weighted by atomic mass is 32.2. The number of nitrogens with zero attached hydrogens (tertiary/aromatic N) is 3. The average molecular weight is 363 g/mol. The number of benzene rings is 1.